The van der Waals surface area contributed by atoms with Crippen LogP contribution in [0.25, 0.3) is 10.9 Å². The number of nitrogens with one attached hydrogen (secondary N) is 2. The lowest BCUT2D eigenvalue weighted by Gasteiger charge is -2.07. The quantitative estimate of drug-likeness (QED) is 0.552. The standard InChI is InChI=1S/C18H17N3O5S/c19-27(24,25)14-7-5-13(6-8-14)21-17(22)11-26-18(23)9-12-10-20-16-4-2-1-3-15(12)16/h1-8,10,20H,9,11H2,(H,21,22)(H2,19,24,25). The van der Waals surface area contributed by atoms with Crippen molar-refractivity contribution in [3.8, 4) is 0 Å². The Bertz CT molecular complexity index is 1090. The molecular weight excluding hydrogens is 370 g/mol. The molecule has 0 bridgehead atoms. The Morgan fingerprint density at radius 1 is 1.07 bits per heavy atom. The predicted molar refractivity (Wildman–Crippen MR) is 99.4 cm³/mol. The number of sulfonamides is 1. The van der Waals surface area contributed by atoms with Gasteiger partial charge in [0.15, 0.2) is 6.61 Å². The van der Waals surface area contributed by atoms with E-state index in [1.165, 1.54) is 24.3 Å². The van der Waals surface area contributed by atoms with Crippen LogP contribution in [0.2, 0.25) is 0 Å². The van der Waals surface area contributed by atoms with E-state index < -0.39 is 28.5 Å². The van der Waals surface area contributed by atoms with Crippen molar-refractivity contribution in [1.29, 1.82) is 0 Å². The van der Waals surface area contributed by atoms with Gasteiger partial charge in [-0.2, -0.15) is 0 Å². The zero-order chi connectivity index (χ0) is 19.4. The fourth-order valence-corrected chi connectivity index (χ4v) is 3.07. The normalized spacial score (nSPS) is 11.3. The number of hydrogen-bond acceptors (Lipinski definition) is 5. The first-order valence-electron chi connectivity index (χ1n) is 7.96. The molecular formula is C18H17N3O5S. The molecule has 3 aromatic rings. The maximum atomic E-state index is 12.0. The zero-order valence-electron chi connectivity index (χ0n) is 14.1. The van der Waals surface area contributed by atoms with Crippen LogP contribution in [0.1, 0.15) is 5.56 Å². The third-order valence-electron chi connectivity index (χ3n) is 3.84. The first-order chi connectivity index (χ1) is 12.8. The number of esters is 1. The summed E-state index contributed by atoms with van der Waals surface area (Å²) in [6.07, 6.45) is 1.78. The lowest BCUT2D eigenvalue weighted by atomic mass is 10.1. The van der Waals surface area contributed by atoms with Crippen molar-refractivity contribution in [1.82, 2.24) is 4.98 Å². The number of primary sulfonamides is 1. The van der Waals surface area contributed by atoms with Crippen LogP contribution in [0, 0.1) is 0 Å². The summed E-state index contributed by atoms with van der Waals surface area (Å²) in [5.74, 6) is -1.06. The van der Waals surface area contributed by atoms with E-state index in [0.717, 1.165) is 16.5 Å². The average molecular weight is 387 g/mol. The fourth-order valence-electron chi connectivity index (χ4n) is 2.56. The molecule has 0 spiro atoms. The van der Waals surface area contributed by atoms with Gasteiger partial charge in [-0.3, -0.25) is 9.59 Å². The summed E-state index contributed by atoms with van der Waals surface area (Å²) < 4.78 is 27.4. The molecule has 2 aromatic carbocycles. The molecule has 1 heterocycles. The van der Waals surface area contributed by atoms with Crippen LogP contribution in [0.3, 0.4) is 0 Å². The summed E-state index contributed by atoms with van der Waals surface area (Å²) in [4.78, 5) is 26.8. The van der Waals surface area contributed by atoms with Gasteiger partial charge in [-0.15, -0.1) is 0 Å². The molecule has 0 atom stereocenters. The maximum Gasteiger partial charge on any atom is 0.310 e. The number of carbonyl (C=O) groups excluding carboxylic acids is 2. The van der Waals surface area contributed by atoms with Gasteiger partial charge in [0.1, 0.15) is 0 Å². The molecule has 0 saturated heterocycles. The van der Waals surface area contributed by atoms with E-state index in [4.69, 9.17) is 9.88 Å². The number of aromatic amines is 1. The number of H-pyrrole nitrogens is 1. The van der Waals surface area contributed by atoms with E-state index in [1.54, 1.807) is 6.20 Å². The van der Waals surface area contributed by atoms with Gasteiger partial charge in [0.25, 0.3) is 5.91 Å². The van der Waals surface area contributed by atoms with Crippen molar-refractivity contribution in [3.63, 3.8) is 0 Å². The highest BCUT2D eigenvalue weighted by Crippen LogP contribution is 2.18. The predicted octanol–water partition coefficient (Wildman–Crippen LogP) is 1.54. The van der Waals surface area contributed by atoms with Crippen LogP contribution in [0.4, 0.5) is 5.69 Å². The van der Waals surface area contributed by atoms with E-state index in [-0.39, 0.29) is 11.3 Å². The van der Waals surface area contributed by atoms with E-state index in [0.29, 0.717) is 5.69 Å². The molecule has 27 heavy (non-hydrogen) atoms. The van der Waals surface area contributed by atoms with Crippen molar-refractivity contribution in [2.45, 2.75) is 11.3 Å². The Balaban J connectivity index is 1.52. The molecule has 0 unspecified atom stereocenters. The molecule has 1 aromatic heterocycles. The van der Waals surface area contributed by atoms with Crippen LogP contribution in [0.15, 0.2) is 59.6 Å². The van der Waals surface area contributed by atoms with Crippen molar-refractivity contribution in [3.05, 3.63) is 60.3 Å². The van der Waals surface area contributed by atoms with Crippen molar-refractivity contribution >= 4 is 38.5 Å². The number of anilines is 1. The highest BCUT2D eigenvalue weighted by atomic mass is 32.2. The van der Waals surface area contributed by atoms with Gasteiger partial charge in [-0.05, 0) is 35.9 Å². The van der Waals surface area contributed by atoms with Gasteiger partial charge in [0.05, 0.1) is 11.3 Å². The summed E-state index contributed by atoms with van der Waals surface area (Å²) >= 11 is 0. The highest BCUT2D eigenvalue weighted by Gasteiger charge is 2.12. The van der Waals surface area contributed by atoms with Crippen LogP contribution < -0.4 is 10.5 Å². The van der Waals surface area contributed by atoms with Gasteiger partial charge in [0, 0.05) is 22.8 Å². The monoisotopic (exact) mass is 387 g/mol. The smallest absolute Gasteiger partial charge is 0.310 e. The van der Waals surface area contributed by atoms with Crippen LogP contribution >= 0.6 is 0 Å². The number of ether oxygens (including phenoxy) is 1. The molecule has 3 rings (SSSR count). The number of rotatable bonds is 6. The number of amides is 1. The molecule has 0 aliphatic rings. The number of hydrogen-bond donors (Lipinski definition) is 3. The zero-order valence-corrected chi connectivity index (χ0v) is 15.0. The van der Waals surface area contributed by atoms with Crippen molar-refractivity contribution < 1.29 is 22.7 Å². The molecule has 0 aliphatic carbocycles. The Morgan fingerprint density at radius 3 is 2.48 bits per heavy atom. The lowest BCUT2D eigenvalue weighted by molar-refractivity contribution is -0.146. The van der Waals surface area contributed by atoms with Gasteiger partial charge >= 0.3 is 5.97 Å². The van der Waals surface area contributed by atoms with Crippen molar-refractivity contribution in [2.75, 3.05) is 11.9 Å². The van der Waals surface area contributed by atoms with Crippen LogP contribution in [-0.2, 0) is 30.8 Å². The molecule has 8 nitrogen and oxygen atoms in total. The number of carbonyl (C=O) groups is 2. The number of benzene rings is 2. The third kappa shape index (κ3) is 4.72. The summed E-state index contributed by atoms with van der Waals surface area (Å²) in [7, 11) is -3.79. The minimum absolute atomic E-state index is 0.0420. The second-order valence-electron chi connectivity index (χ2n) is 5.81. The Morgan fingerprint density at radius 2 is 1.78 bits per heavy atom. The summed E-state index contributed by atoms with van der Waals surface area (Å²) in [5, 5.41) is 8.44. The van der Waals surface area contributed by atoms with E-state index in [1.807, 2.05) is 24.3 Å². The number of fused-ring (bicyclic) bond motifs is 1. The van der Waals surface area contributed by atoms with Crippen molar-refractivity contribution in [2.24, 2.45) is 5.14 Å². The van der Waals surface area contributed by atoms with Gasteiger partial charge in [-0.1, -0.05) is 18.2 Å². The molecule has 140 valence electrons. The van der Waals surface area contributed by atoms with Gasteiger partial charge in [0.2, 0.25) is 10.0 Å². The number of para-hydroxylation sites is 1. The molecule has 0 radical (unpaired) electrons. The molecule has 4 N–H and O–H groups in total. The Hall–Kier alpha value is -3.17. The topological polar surface area (TPSA) is 131 Å². The van der Waals surface area contributed by atoms with Crippen LogP contribution in [-0.4, -0.2) is 31.9 Å². The first kappa shape index (κ1) is 18.6. The third-order valence-corrected chi connectivity index (χ3v) is 4.77. The van der Waals surface area contributed by atoms with Gasteiger partial charge in [-0.25, -0.2) is 13.6 Å². The maximum absolute atomic E-state index is 12.0. The molecule has 0 aliphatic heterocycles. The second kappa shape index (κ2) is 7.60. The SMILES string of the molecule is NS(=O)(=O)c1ccc(NC(=O)COC(=O)Cc2c[nH]c3ccccc23)cc1. The largest absolute Gasteiger partial charge is 0.455 e. The first-order valence-corrected chi connectivity index (χ1v) is 9.51. The Labute approximate surface area is 155 Å². The minimum atomic E-state index is -3.79. The average Bonchev–Trinajstić information content (AvgIpc) is 3.03. The number of nitrogens with two attached hydrogens (primary N) is 1. The van der Waals surface area contributed by atoms with E-state index >= 15 is 0 Å². The van der Waals surface area contributed by atoms with Crippen LogP contribution in [0.5, 0.6) is 0 Å². The van der Waals surface area contributed by atoms with Gasteiger partial charge < -0.3 is 15.0 Å². The number of aromatic nitrogens is 1. The lowest BCUT2D eigenvalue weighted by Crippen LogP contribution is -2.21. The molecule has 1 amide bonds. The van der Waals surface area contributed by atoms with E-state index in [2.05, 4.69) is 10.3 Å². The van der Waals surface area contributed by atoms with E-state index in [9.17, 15) is 18.0 Å². The summed E-state index contributed by atoms with van der Waals surface area (Å²) in [6.45, 7) is -0.446. The molecule has 0 fully saturated rings. The Kier molecular flexibility index (Phi) is 5.24. The molecule has 0 saturated carbocycles. The second-order valence-corrected chi connectivity index (χ2v) is 7.38. The summed E-state index contributed by atoms with van der Waals surface area (Å²) in [6, 6.07) is 12.9. The minimum Gasteiger partial charge on any atom is -0.455 e. The fraction of sp³-hybridized carbons (Fsp3) is 0.111. The summed E-state index contributed by atoms with van der Waals surface area (Å²) in [5.41, 5.74) is 2.07. The highest BCUT2D eigenvalue weighted by molar-refractivity contribution is 7.89. The molecule has 9 heteroatoms.